The average molecular weight is 463 g/mol. The Morgan fingerprint density at radius 3 is 2.33 bits per heavy atom. The number of aromatic nitrogens is 1. The van der Waals surface area contributed by atoms with E-state index in [2.05, 4.69) is 14.9 Å². The van der Waals surface area contributed by atoms with Crippen LogP contribution in [0.15, 0.2) is 53.9 Å². The Labute approximate surface area is 186 Å². The smallest absolute Gasteiger partial charge is 0.477 e. The molecule has 1 saturated heterocycles. The molecule has 0 bridgehead atoms. The summed E-state index contributed by atoms with van der Waals surface area (Å²) in [5.74, 6) is -2.39. The summed E-state index contributed by atoms with van der Waals surface area (Å²) in [6.45, 7) is 0.573. The summed E-state index contributed by atoms with van der Waals surface area (Å²) < 4.78 is 40.8. The quantitative estimate of drug-likeness (QED) is 0.730. The normalized spacial score (nSPS) is 19.7. The fourth-order valence-electron chi connectivity index (χ4n) is 4.25. The van der Waals surface area contributed by atoms with Gasteiger partial charge >= 0.3 is 12.3 Å². The predicted molar refractivity (Wildman–Crippen MR) is 109 cm³/mol. The van der Waals surface area contributed by atoms with Crippen molar-refractivity contribution in [3.8, 4) is 5.75 Å². The highest BCUT2D eigenvalue weighted by Gasteiger charge is 2.52. The number of benzene rings is 1. The molecule has 1 aromatic carbocycles. The number of oxime groups is 1. The van der Waals surface area contributed by atoms with Gasteiger partial charge in [-0.2, -0.15) is 0 Å². The molecule has 1 N–H and O–H groups in total. The van der Waals surface area contributed by atoms with Crippen molar-refractivity contribution >= 4 is 17.6 Å². The van der Waals surface area contributed by atoms with Crippen LogP contribution in [0.1, 0.15) is 28.8 Å². The van der Waals surface area contributed by atoms with Crippen LogP contribution >= 0.6 is 0 Å². The van der Waals surface area contributed by atoms with E-state index < -0.39 is 29.6 Å². The van der Waals surface area contributed by atoms with Gasteiger partial charge < -0.3 is 19.6 Å². The first-order chi connectivity index (χ1) is 15.7. The molecule has 174 valence electrons. The van der Waals surface area contributed by atoms with Gasteiger partial charge in [-0.25, -0.2) is 4.79 Å². The minimum absolute atomic E-state index is 0.0492. The minimum atomic E-state index is -4.81. The first kappa shape index (κ1) is 22.6. The number of carbonyl (C=O) groups is 2. The van der Waals surface area contributed by atoms with E-state index in [0.29, 0.717) is 19.3 Å². The molecule has 1 spiro atoms. The van der Waals surface area contributed by atoms with Crippen molar-refractivity contribution < 1.29 is 37.4 Å². The first-order valence-corrected chi connectivity index (χ1v) is 10.2. The molecule has 3 heterocycles. The standard InChI is InChI=1S/C22H20F3N3O5/c23-22(24,25)32-16-3-1-15(2-4-16)19(29)28-11-7-21(8-12-28)17(18(20(30)31)27-33-21)13-14-5-9-26-10-6-14/h1-6,9-10,17H,7-8,11-13H2,(H,30,31). The largest absolute Gasteiger partial charge is 0.573 e. The minimum Gasteiger partial charge on any atom is -0.477 e. The molecule has 2 aliphatic rings. The molecule has 1 amide bonds. The molecule has 2 aromatic rings. The molecule has 0 saturated carbocycles. The zero-order valence-electron chi connectivity index (χ0n) is 17.3. The second-order valence-corrected chi connectivity index (χ2v) is 7.91. The molecule has 11 heteroatoms. The lowest BCUT2D eigenvalue weighted by Gasteiger charge is -2.40. The highest BCUT2D eigenvalue weighted by molar-refractivity contribution is 6.37. The maximum absolute atomic E-state index is 12.8. The van der Waals surface area contributed by atoms with Crippen LogP contribution in [0.25, 0.3) is 0 Å². The number of ether oxygens (including phenoxy) is 1. The maximum atomic E-state index is 12.8. The Morgan fingerprint density at radius 1 is 1.12 bits per heavy atom. The number of likely N-dealkylation sites (tertiary alicyclic amines) is 1. The number of amides is 1. The third-order valence-corrected chi connectivity index (χ3v) is 5.93. The molecular weight excluding hydrogens is 443 g/mol. The highest BCUT2D eigenvalue weighted by Crippen LogP contribution is 2.41. The van der Waals surface area contributed by atoms with Crippen LogP contribution in [-0.4, -0.2) is 57.6 Å². The van der Waals surface area contributed by atoms with Gasteiger partial charge in [0.15, 0.2) is 5.71 Å². The summed E-state index contributed by atoms with van der Waals surface area (Å²) >= 11 is 0. The van der Waals surface area contributed by atoms with Crippen LogP contribution < -0.4 is 4.74 Å². The van der Waals surface area contributed by atoms with Crippen molar-refractivity contribution in [1.29, 1.82) is 0 Å². The predicted octanol–water partition coefficient (Wildman–Crippen LogP) is 3.28. The summed E-state index contributed by atoms with van der Waals surface area (Å²) in [5.41, 5.74) is 0.224. The van der Waals surface area contributed by atoms with Gasteiger partial charge in [0.1, 0.15) is 11.4 Å². The zero-order valence-corrected chi connectivity index (χ0v) is 17.3. The number of piperidine rings is 1. The van der Waals surface area contributed by atoms with Crippen molar-refractivity contribution in [2.24, 2.45) is 11.1 Å². The van der Waals surface area contributed by atoms with E-state index in [-0.39, 0.29) is 30.3 Å². The highest BCUT2D eigenvalue weighted by atomic mass is 19.4. The lowest BCUT2D eigenvalue weighted by atomic mass is 9.74. The van der Waals surface area contributed by atoms with Crippen molar-refractivity contribution in [3.05, 3.63) is 59.9 Å². The topological polar surface area (TPSA) is 101 Å². The lowest BCUT2D eigenvalue weighted by Crippen LogP contribution is -2.52. The molecule has 2 aliphatic heterocycles. The Hall–Kier alpha value is -3.63. The SMILES string of the molecule is O=C(O)C1=NOC2(CCN(C(=O)c3ccc(OC(F)(F)F)cc3)CC2)C1Cc1ccncc1. The van der Waals surface area contributed by atoms with Crippen LogP contribution in [0.5, 0.6) is 5.75 Å². The summed E-state index contributed by atoms with van der Waals surface area (Å²) in [7, 11) is 0. The van der Waals surface area contributed by atoms with Gasteiger partial charge in [0, 0.05) is 43.9 Å². The third-order valence-electron chi connectivity index (χ3n) is 5.93. The van der Waals surface area contributed by atoms with Gasteiger partial charge in [-0.15, -0.1) is 13.2 Å². The van der Waals surface area contributed by atoms with Crippen molar-refractivity contribution in [2.75, 3.05) is 13.1 Å². The molecular formula is C22H20F3N3O5. The number of nitrogens with zero attached hydrogens (tertiary/aromatic N) is 3. The second kappa shape index (κ2) is 8.72. The summed E-state index contributed by atoms with van der Waals surface area (Å²) in [4.78, 5) is 35.8. The fourth-order valence-corrected chi connectivity index (χ4v) is 4.25. The van der Waals surface area contributed by atoms with Crippen LogP contribution in [-0.2, 0) is 16.1 Å². The molecule has 1 fully saturated rings. The Kier molecular flexibility index (Phi) is 5.96. The molecule has 0 radical (unpaired) electrons. The number of rotatable bonds is 5. The molecule has 0 aliphatic carbocycles. The van der Waals surface area contributed by atoms with Crippen molar-refractivity contribution in [1.82, 2.24) is 9.88 Å². The summed E-state index contributed by atoms with van der Waals surface area (Å²) in [6, 6.07) is 8.33. The molecule has 1 unspecified atom stereocenters. The van der Waals surface area contributed by atoms with E-state index in [9.17, 15) is 27.9 Å². The number of carboxylic acid groups (broad SMARTS) is 1. The van der Waals surface area contributed by atoms with Gasteiger partial charge in [-0.1, -0.05) is 5.16 Å². The number of aliphatic carboxylic acids is 1. The van der Waals surface area contributed by atoms with Crippen molar-refractivity contribution in [2.45, 2.75) is 31.2 Å². The third kappa shape index (κ3) is 4.91. The van der Waals surface area contributed by atoms with E-state index in [1.165, 1.54) is 12.1 Å². The van der Waals surface area contributed by atoms with Gasteiger partial charge in [0.25, 0.3) is 5.91 Å². The van der Waals surface area contributed by atoms with E-state index in [0.717, 1.165) is 17.7 Å². The maximum Gasteiger partial charge on any atom is 0.573 e. The molecule has 1 atom stereocenters. The molecule has 1 aromatic heterocycles. The van der Waals surface area contributed by atoms with Gasteiger partial charge in [0.05, 0.1) is 5.92 Å². The number of alkyl halides is 3. The van der Waals surface area contributed by atoms with Crippen LogP contribution in [0.3, 0.4) is 0 Å². The van der Waals surface area contributed by atoms with E-state index in [1.54, 1.807) is 29.4 Å². The number of pyridine rings is 1. The second-order valence-electron chi connectivity index (χ2n) is 7.91. The molecule has 33 heavy (non-hydrogen) atoms. The van der Waals surface area contributed by atoms with Gasteiger partial charge in [0.2, 0.25) is 0 Å². The van der Waals surface area contributed by atoms with Gasteiger partial charge in [-0.3, -0.25) is 9.78 Å². The molecule has 8 nitrogen and oxygen atoms in total. The Balaban J connectivity index is 1.44. The first-order valence-electron chi connectivity index (χ1n) is 10.2. The number of carboxylic acids is 1. The van der Waals surface area contributed by atoms with Crippen molar-refractivity contribution in [3.63, 3.8) is 0 Å². The summed E-state index contributed by atoms with van der Waals surface area (Å²) in [6.07, 6.45) is -0.419. The van der Waals surface area contributed by atoms with Crippen LogP contribution in [0.2, 0.25) is 0 Å². The fraction of sp³-hybridized carbons (Fsp3) is 0.364. The van der Waals surface area contributed by atoms with E-state index in [4.69, 9.17) is 4.84 Å². The number of hydrogen-bond acceptors (Lipinski definition) is 6. The molecule has 4 rings (SSSR count). The number of hydrogen-bond donors (Lipinski definition) is 1. The Bertz CT molecular complexity index is 1050. The number of carbonyl (C=O) groups excluding carboxylic acids is 1. The monoisotopic (exact) mass is 463 g/mol. The van der Waals surface area contributed by atoms with E-state index in [1.807, 2.05) is 0 Å². The zero-order chi connectivity index (χ0) is 23.6. The lowest BCUT2D eigenvalue weighted by molar-refractivity contribution is -0.274. The van der Waals surface area contributed by atoms with Crippen LogP contribution in [0.4, 0.5) is 13.2 Å². The van der Waals surface area contributed by atoms with Gasteiger partial charge in [-0.05, 0) is 48.4 Å². The number of halogens is 3. The van der Waals surface area contributed by atoms with Crippen LogP contribution in [0, 0.1) is 5.92 Å². The Morgan fingerprint density at radius 2 is 1.76 bits per heavy atom. The summed E-state index contributed by atoms with van der Waals surface area (Å²) in [5, 5.41) is 13.4. The average Bonchev–Trinajstić information content (AvgIpc) is 3.11. The van der Waals surface area contributed by atoms with E-state index >= 15 is 0 Å².